The number of carbonyl (C=O) groups is 1. The van der Waals surface area contributed by atoms with Gasteiger partial charge in [0.25, 0.3) is 5.91 Å². The third kappa shape index (κ3) is 3.20. The van der Waals surface area contributed by atoms with Crippen molar-refractivity contribution in [1.29, 1.82) is 0 Å². The summed E-state index contributed by atoms with van der Waals surface area (Å²) < 4.78 is 0. The molecule has 0 saturated carbocycles. The van der Waals surface area contributed by atoms with Crippen molar-refractivity contribution >= 4 is 5.91 Å². The molecule has 130 valence electrons. The molecule has 0 aliphatic carbocycles. The number of aromatic nitrogens is 3. The van der Waals surface area contributed by atoms with Crippen LogP contribution in [0.4, 0.5) is 0 Å². The van der Waals surface area contributed by atoms with Gasteiger partial charge in [-0.3, -0.25) is 14.8 Å². The fourth-order valence-corrected chi connectivity index (χ4v) is 3.54. The van der Waals surface area contributed by atoms with Crippen LogP contribution >= 0.6 is 0 Å². The molecule has 1 atom stereocenters. The molecule has 0 radical (unpaired) electrons. The van der Waals surface area contributed by atoms with Crippen LogP contribution in [0.2, 0.25) is 0 Å². The molecule has 0 bridgehead atoms. The SMILES string of the molecule is Cc1cc(-c2ccccc2)cc(C2CCCN2C(=O)c2cnccn2)n1. The lowest BCUT2D eigenvalue weighted by atomic mass is 10.0. The summed E-state index contributed by atoms with van der Waals surface area (Å²) in [6.07, 6.45) is 6.53. The molecule has 1 saturated heterocycles. The van der Waals surface area contributed by atoms with Crippen LogP contribution < -0.4 is 0 Å². The molecule has 5 heteroatoms. The predicted molar refractivity (Wildman–Crippen MR) is 99.5 cm³/mol. The highest BCUT2D eigenvalue weighted by molar-refractivity contribution is 5.92. The van der Waals surface area contributed by atoms with E-state index < -0.39 is 0 Å². The highest BCUT2D eigenvalue weighted by Gasteiger charge is 2.32. The monoisotopic (exact) mass is 344 g/mol. The lowest BCUT2D eigenvalue weighted by Gasteiger charge is -2.24. The van der Waals surface area contributed by atoms with E-state index in [4.69, 9.17) is 4.98 Å². The van der Waals surface area contributed by atoms with Gasteiger partial charge in [-0.05, 0) is 43.0 Å². The van der Waals surface area contributed by atoms with Crippen LogP contribution in [0.25, 0.3) is 11.1 Å². The third-order valence-electron chi connectivity index (χ3n) is 4.72. The van der Waals surface area contributed by atoms with Crippen LogP contribution in [-0.4, -0.2) is 32.3 Å². The zero-order chi connectivity index (χ0) is 17.9. The molecule has 3 aromatic rings. The van der Waals surface area contributed by atoms with E-state index in [0.29, 0.717) is 5.69 Å². The number of amides is 1. The Morgan fingerprint density at radius 2 is 1.96 bits per heavy atom. The Morgan fingerprint density at radius 1 is 1.12 bits per heavy atom. The Hall–Kier alpha value is -3.08. The normalized spacial score (nSPS) is 16.7. The van der Waals surface area contributed by atoms with Crippen LogP contribution in [0, 0.1) is 6.92 Å². The van der Waals surface area contributed by atoms with Gasteiger partial charge in [-0.1, -0.05) is 30.3 Å². The zero-order valence-corrected chi connectivity index (χ0v) is 14.7. The third-order valence-corrected chi connectivity index (χ3v) is 4.72. The molecular formula is C21H20N4O. The maximum absolute atomic E-state index is 12.9. The molecule has 26 heavy (non-hydrogen) atoms. The van der Waals surface area contributed by atoms with E-state index in [1.165, 1.54) is 6.20 Å². The van der Waals surface area contributed by atoms with Gasteiger partial charge in [0, 0.05) is 24.6 Å². The molecular weight excluding hydrogens is 324 g/mol. The minimum Gasteiger partial charge on any atom is -0.329 e. The first-order chi connectivity index (χ1) is 12.7. The summed E-state index contributed by atoms with van der Waals surface area (Å²) in [6, 6.07) is 14.4. The Morgan fingerprint density at radius 3 is 2.73 bits per heavy atom. The number of hydrogen-bond donors (Lipinski definition) is 0. The van der Waals surface area contributed by atoms with Gasteiger partial charge in [0.2, 0.25) is 0 Å². The first-order valence-corrected chi connectivity index (χ1v) is 8.83. The summed E-state index contributed by atoms with van der Waals surface area (Å²) in [5.74, 6) is -0.0785. The summed E-state index contributed by atoms with van der Waals surface area (Å²) in [6.45, 7) is 2.72. The second kappa shape index (κ2) is 7.04. The van der Waals surface area contributed by atoms with Crippen molar-refractivity contribution in [3.63, 3.8) is 0 Å². The largest absolute Gasteiger partial charge is 0.329 e. The van der Waals surface area contributed by atoms with Gasteiger partial charge in [-0.2, -0.15) is 0 Å². The van der Waals surface area contributed by atoms with E-state index in [9.17, 15) is 4.79 Å². The van der Waals surface area contributed by atoms with E-state index in [1.54, 1.807) is 12.4 Å². The predicted octanol–water partition coefficient (Wildman–Crippen LogP) is 3.82. The number of likely N-dealkylation sites (tertiary alicyclic amines) is 1. The van der Waals surface area contributed by atoms with Gasteiger partial charge >= 0.3 is 0 Å². The lowest BCUT2D eigenvalue weighted by molar-refractivity contribution is 0.0726. The fourth-order valence-electron chi connectivity index (χ4n) is 3.54. The summed E-state index contributed by atoms with van der Waals surface area (Å²) in [4.78, 5) is 27.7. The highest BCUT2D eigenvalue weighted by Crippen LogP contribution is 2.34. The molecule has 0 N–H and O–H groups in total. The molecule has 1 fully saturated rings. The number of nitrogens with zero attached hydrogens (tertiary/aromatic N) is 4. The van der Waals surface area contributed by atoms with Crippen molar-refractivity contribution in [1.82, 2.24) is 19.9 Å². The van der Waals surface area contributed by atoms with Crippen molar-refractivity contribution in [2.24, 2.45) is 0 Å². The first-order valence-electron chi connectivity index (χ1n) is 8.83. The van der Waals surface area contributed by atoms with Crippen molar-refractivity contribution in [2.45, 2.75) is 25.8 Å². The second-order valence-corrected chi connectivity index (χ2v) is 6.54. The highest BCUT2D eigenvalue weighted by atomic mass is 16.2. The standard InChI is InChI=1S/C21H20N4O/c1-15-12-17(16-6-3-2-4-7-16)13-18(24-15)20-8-5-11-25(20)21(26)19-14-22-9-10-23-19/h2-4,6-7,9-10,12-14,20H,5,8,11H2,1H3. The van der Waals surface area contributed by atoms with Crippen LogP contribution in [0.5, 0.6) is 0 Å². The number of aryl methyl sites for hydroxylation is 1. The summed E-state index contributed by atoms with van der Waals surface area (Å²) >= 11 is 0. The molecule has 4 rings (SSSR count). The Kier molecular flexibility index (Phi) is 4.44. The molecule has 1 aromatic carbocycles. The van der Waals surface area contributed by atoms with E-state index in [0.717, 1.165) is 41.9 Å². The molecule has 5 nitrogen and oxygen atoms in total. The Balaban J connectivity index is 1.68. The topological polar surface area (TPSA) is 59.0 Å². The maximum Gasteiger partial charge on any atom is 0.274 e. The lowest BCUT2D eigenvalue weighted by Crippen LogP contribution is -2.31. The van der Waals surface area contributed by atoms with Crippen molar-refractivity contribution in [3.05, 3.63) is 78.1 Å². The summed E-state index contributed by atoms with van der Waals surface area (Å²) in [5.41, 5.74) is 4.57. The maximum atomic E-state index is 12.9. The minimum atomic E-state index is -0.0785. The van der Waals surface area contributed by atoms with Gasteiger partial charge in [-0.25, -0.2) is 4.98 Å². The molecule has 2 aromatic heterocycles. The number of pyridine rings is 1. The number of rotatable bonds is 3. The van der Waals surface area contributed by atoms with Crippen molar-refractivity contribution < 1.29 is 4.79 Å². The van der Waals surface area contributed by atoms with Crippen LogP contribution in [-0.2, 0) is 0 Å². The molecule has 1 amide bonds. The average molecular weight is 344 g/mol. The van der Waals surface area contributed by atoms with Crippen LogP contribution in [0.3, 0.4) is 0 Å². The molecule has 1 aliphatic heterocycles. The Bertz CT molecular complexity index is 912. The minimum absolute atomic E-state index is 0.0214. The van der Waals surface area contributed by atoms with E-state index in [2.05, 4.69) is 34.2 Å². The molecule has 0 spiro atoms. The Labute approximate surface area is 152 Å². The summed E-state index contributed by atoms with van der Waals surface area (Å²) in [7, 11) is 0. The van der Waals surface area contributed by atoms with Crippen molar-refractivity contribution in [3.8, 4) is 11.1 Å². The van der Waals surface area contributed by atoms with Crippen LogP contribution in [0.15, 0.2) is 61.1 Å². The smallest absolute Gasteiger partial charge is 0.274 e. The molecule has 1 aliphatic rings. The van der Waals surface area contributed by atoms with Gasteiger partial charge in [-0.15, -0.1) is 0 Å². The van der Waals surface area contributed by atoms with Gasteiger partial charge < -0.3 is 4.90 Å². The quantitative estimate of drug-likeness (QED) is 0.725. The summed E-state index contributed by atoms with van der Waals surface area (Å²) in [5, 5.41) is 0. The fraction of sp³-hybridized carbons (Fsp3) is 0.238. The average Bonchev–Trinajstić information content (AvgIpc) is 3.18. The van der Waals surface area contributed by atoms with E-state index in [-0.39, 0.29) is 11.9 Å². The van der Waals surface area contributed by atoms with Gasteiger partial charge in [0.05, 0.1) is 17.9 Å². The van der Waals surface area contributed by atoms with E-state index >= 15 is 0 Å². The van der Waals surface area contributed by atoms with Gasteiger partial charge in [0.1, 0.15) is 5.69 Å². The van der Waals surface area contributed by atoms with Gasteiger partial charge in [0.15, 0.2) is 0 Å². The number of hydrogen-bond acceptors (Lipinski definition) is 4. The van der Waals surface area contributed by atoms with Crippen molar-refractivity contribution in [2.75, 3.05) is 6.54 Å². The van der Waals surface area contributed by atoms with E-state index in [1.807, 2.05) is 30.0 Å². The van der Waals surface area contributed by atoms with Crippen LogP contribution in [0.1, 0.15) is 40.8 Å². The second-order valence-electron chi connectivity index (χ2n) is 6.54. The number of benzene rings is 1. The number of carbonyl (C=O) groups excluding carboxylic acids is 1. The first kappa shape index (κ1) is 16.4. The molecule has 3 heterocycles. The zero-order valence-electron chi connectivity index (χ0n) is 14.7. The molecule has 1 unspecified atom stereocenters.